The van der Waals surface area contributed by atoms with E-state index in [0.29, 0.717) is 32.2 Å². The summed E-state index contributed by atoms with van der Waals surface area (Å²) in [6.45, 7) is 5.25. The molecule has 0 saturated heterocycles. The van der Waals surface area contributed by atoms with E-state index < -0.39 is 5.82 Å². The number of fused-ring (bicyclic) bond motifs is 1. The Morgan fingerprint density at radius 3 is 2.71 bits per heavy atom. The summed E-state index contributed by atoms with van der Waals surface area (Å²) in [4.78, 5) is 30.3. The van der Waals surface area contributed by atoms with Gasteiger partial charge in [0.1, 0.15) is 16.5 Å². The Morgan fingerprint density at radius 2 is 2.00 bits per heavy atom. The number of thiophene rings is 1. The number of carbonyl (C=O) groups is 1. The van der Waals surface area contributed by atoms with Crippen molar-refractivity contribution in [2.24, 2.45) is 7.05 Å². The van der Waals surface area contributed by atoms with Crippen molar-refractivity contribution >= 4 is 33.1 Å². The summed E-state index contributed by atoms with van der Waals surface area (Å²) in [5.41, 5.74) is 1.59. The molecule has 1 N–H and O–H groups in total. The minimum Gasteiger partial charge on any atom is -0.321 e. The van der Waals surface area contributed by atoms with Gasteiger partial charge in [0.2, 0.25) is 0 Å². The molecule has 0 aliphatic rings. The zero-order valence-electron chi connectivity index (χ0n) is 13.7. The number of amides is 1. The van der Waals surface area contributed by atoms with Crippen LogP contribution in [0.1, 0.15) is 26.6 Å². The van der Waals surface area contributed by atoms with Gasteiger partial charge in [-0.05, 0) is 44.0 Å². The molecule has 2 heterocycles. The van der Waals surface area contributed by atoms with Gasteiger partial charge in [-0.1, -0.05) is 6.07 Å². The van der Waals surface area contributed by atoms with E-state index in [1.165, 1.54) is 28.0 Å². The van der Waals surface area contributed by atoms with Gasteiger partial charge in [-0.15, -0.1) is 11.3 Å². The molecule has 124 valence electrons. The Bertz CT molecular complexity index is 1040. The molecule has 0 atom stereocenters. The van der Waals surface area contributed by atoms with Crippen LogP contribution in [-0.2, 0) is 7.05 Å². The number of anilines is 1. The second-order valence-electron chi connectivity index (χ2n) is 5.67. The summed E-state index contributed by atoms with van der Waals surface area (Å²) in [5.74, 6) is -0.208. The van der Waals surface area contributed by atoms with Crippen molar-refractivity contribution < 1.29 is 9.18 Å². The van der Waals surface area contributed by atoms with Gasteiger partial charge >= 0.3 is 0 Å². The molecule has 1 aromatic carbocycles. The average Bonchev–Trinajstić information content (AvgIpc) is 2.85. The van der Waals surface area contributed by atoms with Gasteiger partial charge in [0.15, 0.2) is 0 Å². The number of hydrogen-bond acceptors (Lipinski definition) is 4. The number of halogens is 1. The third kappa shape index (κ3) is 2.60. The number of aromatic nitrogens is 2. The second-order valence-corrected chi connectivity index (χ2v) is 6.67. The molecule has 0 aliphatic carbocycles. The highest BCUT2D eigenvalue weighted by Crippen LogP contribution is 2.28. The zero-order valence-corrected chi connectivity index (χ0v) is 14.5. The number of benzene rings is 1. The molecule has 3 aromatic rings. The first-order chi connectivity index (χ1) is 11.3. The molecule has 0 aliphatic heterocycles. The maximum absolute atomic E-state index is 13.4. The van der Waals surface area contributed by atoms with E-state index in [2.05, 4.69) is 10.3 Å². The lowest BCUT2D eigenvalue weighted by atomic mass is 10.1. The number of nitrogens with zero attached hydrogens (tertiary/aromatic N) is 2. The van der Waals surface area contributed by atoms with Crippen molar-refractivity contribution in [1.82, 2.24) is 9.55 Å². The van der Waals surface area contributed by atoms with Crippen LogP contribution >= 0.6 is 11.3 Å². The number of aryl methyl sites for hydroxylation is 3. The molecular formula is C17H16FN3O2S. The summed E-state index contributed by atoms with van der Waals surface area (Å²) in [5, 5.41) is 3.17. The monoisotopic (exact) mass is 345 g/mol. The van der Waals surface area contributed by atoms with E-state index in [9.17, 15) is 14.0 Å². The Hall–Kier alpha value is -2.54. The van der Waals surface area contributed by atoms with Gasteiger partial charge in [0.25, 0.3) is 11.5 Å². The van der Waals surface area contributed by atoms with Crippen LogP contribution in [-0.4, -0.2) is 15.5 Å². The Labute approximate surface area is 141 Å². The number of hydrogen-bond donors (Lipinski definition) is 1. The molecule has 1 amide bonds. The van der Waals surface area contributed by atoms with E-state index in [1.807, 2.05) is 0 Å². The summed E-state index contributed by atoms with van der Waals surface area (Å²) >= 11 is 1.17. The van der Waals surface area contributed by atoms with Crippen LogP contribution in [0.5, 0.6) is 0 Å². The third-order valence-electron chi connectivity index (χ3n) is 4.05. The summed E-state index contributed by atoms with van der Waals surface area (Å²) in [6.07, 6.45) is 0. The maximum Gasteiger partial charge on any atom is 0.266 e. The minimum absolute atomic E-state index is 0.174. The minimum atomic E-state index is -0.421. The predicted octanol–water partition coefficient (Wildman–Crippen LogP) is 3.31. The Balaban J connectivity index is 2.08. The highest BCUT2D eigenvalue weighted by molar-refractivity contribution is 7.20. The van der Waals surface area contributed by atoms with E-state index in [-0.39, 0.29) is 11.5 Å². The fourth-order valence-corrected chi connectivity index (χ4v) is 3.60. The fourth-order valence-electron chi connectivity index (χ4n) is 2.49. The molecular weight excluding hydrogens is 329 g/mol. The molecule has 3 rings (SSSR count). The van der Waals surface area contributed by atoms with Crippen LogP contribution in [0.2, 0.25) is 0 Å². The standard InChI is InChI=1S/C17H16FN3O2S/c1-8-5-6-11(18)7-12(8)20-15(22)14-9(2)13-16(24-14)19-10(3)21(4)17(13)23/h5-7H,1-4H3,(H,20,22). The van der Waals surface area contributed by atoms with Crippen LogP contribution in [0.25, 0.3) is 10.2 Å². The highest BCUT2D eigenvalue weighted by atomic mass is 32.1. The first-order valence-electron chi connectivity index (χ1n) is 7.34. The molecule has 0 unspecified atom stereocenters. The van der Waals surface area contributed by atoms with Crippen molar-refractivity contribution in [1.29, 1.82) is 0 Å². The van der Waals surface area contributed by atoms with Gasteiger partial charge in [0, 0.05) is 12.7 Å². The van der Waals surface area contributed by atoms with E-state index in [4.69, 9.17) is 0 Å². The quantitative estimate of drug-likeness (QED) is 0.775. The largest absolute Gasteiger partial charge is 0.321 e. The van der Waals surface area contributed by atoms with Crippen LogP contribution in [0.15, 0.2) is 23.0 Å². The Morgan fingerprint density at radius 1 is 1.29 bits per heavy atom. The van der Waals surface area contributed by atoms with Gasteiger partial charge in [0.05, 0.1) is 10.3 Å². The molecule has 2 aromatic heterocycles. The van der Waals surface area contributed by atoms with Gasteiger partial charge in [-0.3, -0.25) is 14.2 Å². The zero-order chi connectivity index (χ0) is 17.6. The molecule has 0 spiro atoms. The molecule has 24 heavy (non-hydrogen) atoms. The lowest BCUT2D eigenvalue weighted by molar-refractivity contribution is 0.103. The van der Waals surface area contributed by atoms with Gasteiger partial charge in [-0.2, -0.15) is 0 Å². The van der Waals surface area contributed by atoms with Gasteiger partial charge < -0.3 is 5.32 Å². The highest BCUT2D eigenvalue weighted by Gasteiger charge is 2.20. The summed E-state index contributed by atoms with van der Waals surface area (Å²) in [7, 11) is 1.65. The van der Waals surface area contributed by atoms with Gasteiger partial charge in [-0.25, -0.2) is 9.37 Å². The summed E-state index contributed by atoms with van der Waals surface area (Å²) in [6, 6.07) is 4.22. The van der Waals surface area contributed by atoms with Crippen molar-refractivity contribution in [3.63, 3.8) is 0 Å². The second kappa shape index (κ2) is 5.83. The van der Waals surface area contributed by atoms with E-state index in [0.717, 1.165) is 5.56 Å². The van der Waals surface area contributed by atoms with E-state index >= 15 is 0 Å². The fraction of sp³-hybridized carbons (Fsp3) is 0.235. The SMILES string of the molecule is Cc1ccc(F)cc1NC(=O)c1sc2nc(C)n(C)c(=O)c2c1C. The average molecular weight is 345 g/mol. The summed E-state index contributed by atoms with van der Waals surface area (Å²) < 4.78 is 14.8. The first kappa shape index (κ1) is 16.3. The number of rotatable bonds is 2. The lowest BCUT2D eigenvalue weighted by Crippen LogP contribution is -2.20. The van der Waals surface area contributed by atoms with Crippen molar-refractivity contribution in [2.75, 3.05) is 5.32 Å². The maximum atomic E-state index is 13.4. The smallest absolute Gasteiger partial charge is 0.266 e. The van der Waals surface area contributed by atoms with E-state index in [1.54, 1.807) is 33.9 Å². The molecule has 0 bridgehead atoms. The van der Waals surface area contributed by atoms with Crippen molar-refractivity contribution in [3.05, 3.63) is 56.2 Å². The lowest BCUT2D eigenvalue weighted by Gasteiger charge is -2.07. The van der Waals surface area contributed by atoms with Crippen molar-refractivity contribution in [3.8, 4) is 0 Å². The third-order valence-corrected chi connectivity index (χ3v) is 5.23. The van der Waals surface area contributed by atoms with Crippen LogP contribution in [0.4, 0.5) is 10.1 Å². The van der Waals surface area contributed by atoms with Crippen molar-refractivity contribution in [2.45, 2.75) is 20.8 Å². The molecule has 5 nitrogen and oxygen atoms in total. The normalized spacial score (nSPS) is 11.0. The Kier molecular flexibility index (Phi) is 3.96. The van der Waals surface area contributed by atoms with Crippen LogP contribution in [0, 0.1) is 26.6 Å². The molecule has 0 fully saturated rings. The predicted molar refractivity (Wildman–Crippen MR) is 93.4 cm³/mol. The first-order valence-corrected chi connectivity index (χ1v) is 8.15. The molecule has 7 heteroatoms. The molecule has 0 radical (unpaired) electrons. The molecule has 0 saturated carbocycles. The number of nitrogens with one attached hydrogen (secondary N) is 1. The van der Waals surface area contributed by atoms with Crippen LogP contribution < -0.4 is 10.9 Å². The number of carbonyl (C=O) groups excluding carboxylic acids is 1. The van der Waals surface area contributed by atoms with Crippen LogP contribution in [0.3, 0.4) is 0 Å². The topological polar surface area (TPSA) is 64.0 Å².